The van der Waals surface area contributed by atoms with Crippen LogP contribution in [0.15, 0.2) is 77.7 Å². The molecule has 3 rings (SSSR count). The van der Waals surface area contributed by atoms with Crippen molar-refractivity contribution < 1.29 is 9.53 Å². The van der Waals surface area contributed by atoms with Crippen LogP contribution in [0.3, 0.4) is 0 Å². The number of halogens is 1. The first-order valence-electron chi connectivity index (χ1n) is 8.53. The van der Waals surface area contributed by atoms with Crippen LogP contribution in [-0.2, 0) is 12.3 Å². The molecule has 138 valence electrons. The molecule has 27 heavy (non-hydrogen) atoms. The summed E-state index contributed by atoms with van der Waals surface area (Å²) in [5.74, 6) is 1.51. The quantitative estimate of drug-likeness (QED) is 0.529. The normalized spacial score (nSPS) is 10.4. The van der Waals surface area contributed by atoms with E-state index in [0.29, 0.717) is 12.1 Å². The molecule has 1 amide bonds. The highest BCUT2D eigenvalue weighted by atomic mass is 35.5. The topological polar surface area (TPSA) is 38.3 Å². The molecule has 0 aliphatic heterocycles. The predicted molar refractivity (Wildman–Crippen MR) is 112 cm³/mol. The molecule has 1 N–H and O–H groups in total. The monoisotopic (exact) mass is 397 g/mol. The summed E-state index contributed by atoms with van der Waals surface area (Å²) in [6, 6.07) is 23.1. The standard InChI is InChI=1S/C22H20ClNO2S/c1-26-21-5-3-2-4-18(21)14-24-22(25)17-8-6-16(7-9-17)15-27-20-12-10-19(23)11-13-20/h2-13H,14-15H2,1H3,(H,24,25). The number of rotatable bonds is 7. The second-order valence-corrected chi connectivity index (χ2v) is 7.42. The highest BCUT2D eigenvalue weighted by Crippen LogP contribution is 2.24. The Balaban J connectivity index is 1.54. The van der Waals surface area contributed by atoms with Crippen LogP contribution in [-0.4, -0.2) is 13.0 Å². The minimum atomic E-state index is -0.0992. The molecule has 0 saturated carbocycles. The molecule has 0 bridgehead atoms. The van der Waals surface area contributed by atoms with Gasteiger partial charge in [-0.2, -0.15) is 0 Å². The van der Waals surface area contributed by atoms with Gasteiger partial charge in [0.1, 0.15) is 5.75 Å². The third-order valence-corrected chi connectivity index (χ3v) is 5.40. The minimum Gasteiger partial charge on any atom is -0.496 e. The molecule has 0 heterocycles. The minimum absolute atomic E-state index is 0.0992. The Labute approximate surface area is 168 Å². The Morgan fingerprint density at radius 1 is 1.00 bits per heavy atom. The van der Waals surface area contributed by atoms with E-state index in [-0.39, 0.29) is 5.91 Å². The molecule has 0 aliphatic carbocycles. The highest BCUT2D eigenvalue weighted by Gasteiger charge is 2.08. The molecule has 0 saturated heterocycles. The van der Waals surface area contributed by atoms with Gasteiger partial charge in [-0.1, -0.05) is 41.9 Å². The van der Waals surface area contributed by atoms with Crippen molar-refractivity contribution in [3.63, 3.8) is 0 Å². The summed E-state index contributed by atoms with van der Waals surface area (Å²) in [6.07, 6.45) is 0. The van der Waals surface area contributed by atoms with Gasteiger partial charge in [0.05, 0.1) is 7.11 Å². The van der Waals surface area contributed by atoms with Crippen molar-refractivity contribution in [1.82, 2.24) is 5.32 Å². The number of hydrogen-bond acceptors (Lipinski definition) is 3. The molecule has 0 aliphatic rings. The lowest BCUT2D eigenvalue weighted by atomic mass is 10.1. The second kappa shape index (κ2) is 9.49. The Hall–Kier alpha value is -2.43. The number of carbonyl (C=O) groups is 1. The summed E-state index contributed by atoms with van der Waals surface area (Å²) >= 11 is 7.64. The molecular weight excluding hydrogens is 378 g/mol. The molecule has 0 spiro atoms. The maximum atomic E-state index is 12.4. The molecule has 3 aromatic carbocycles. The number of amides is 1. The first kappa shape index (κ1) is 19.3. The van der Waals surface area contributed by atoms with Crippen molar-refractivity contribution in [2.45, 2.75) is 17.2 Å². The molecule has 0 unspecified atom stereocenters. The van der Waals surface area contributed by atoms with Crippen LogP contribution in [0.4, 0.5) is 0 Å². The Morgan fingerprint density at radius 3 is 2.41 bits per heavy atom. The average Bonchev–Trinajstić information content (AvgIpc) is 2.72. The summed E-state index contributed by atoms with van der Waals surface area (Å²) in [5.41, 5.74) is 2.76. The fourth-order valence-electron chi connectivity index (χ4n) is 2.58. The van der Waals surface area contributed by atoms with E-state index < -0.39 is 0 Å². The van der Waals surface area contributed by atoms with Gasteiger partial charge in [-0.25, -0.2) is 0 Å². The van der Waals surface area contributed by atoms with Crippen LogP contribution in [0.5, 0.6) is 5.75 Å². The Kier molecular flexibility index (Phi) is 6.80. The van der Waals surface area contributed by atoms with Gasteiger partial charge in [0.2, 0.25) is 0 Å². The number of thioether (sulfide) groups is 1. The van der Waals surface area contributed by atoms with E-state index in [4.69, 9.17) is 16.3 Å². The highest BCUT2D eigenvalue weighted by molar-refractivity contribution is 7.98. The van der Waals surface area contributed by atoms with Crippen molar-refractivity contribution in [3.8, 4) is 5.75 Å². The molecule has 0 fully saturated rings. The van der Waals surface area contributed by atoms with Crippen LogP contribution < -0.4 is 10.1 Å². The zero-order valence-corrected chi connectivity index (χ0v) is 16.5. The molecule has 0 atom stereocenters. The fraction of sp³-hybridized carbons (Fsp3) is 0.136. The number of para-hydroxylation sites is 1. The molecular formula is C22H20ClNO2S. The van der Waals surface area contributed by atoms with Crippen LogP contribution >= 0.6 is 23.4 Å². The summed E-state index contributed by atoms with van der Waals surface area (Å²) in [7, 11) is 1.63. The lowest BCUT2D eigenvalue weighted by Gasteiger charge is -2.10. The van der Waals surface area contributed by atoms with Crippen molar-refractivity contribution >= 4 is 29.3 Å². The molecule has 0 radical (unpaired) electrons. The number of benzene rings is 3. The van der Waals surface area contributed by atoms with Gasteiger partial charge in [-0.05, 0) is 48.0 Å². The van der Waals surface area contributed by atoms with Crippen molar-refractivity contribution in [1.29, 1.82) is 0 Å². The van der Waals surface area contributed by atoms with E-state index in [9.17, 15) is 4.79 Å². The van der Waals surface area contributed by atoms with Crippen molar-refractivity contribution in [2.75, 3.05) is 7.11 Å². The van der Waals surface area contributed by atoms with Crippen LogP contribution in [0, 0.1) is 0 Å². The van der Waals surface area contributed by atoms with E-state index in [0.717, 1.165) is 32.5 Å². The second-order valence-electron chi connectivity index (χ2n) is 5.93. The largest absolute Gasteiger partial charge is 0.496 e. The molecule has 0 aromatic heterocycles. The van der Waals surface area contributed by atoms with Crippen molar-refractivity contribution in [3.05, 3.63) is 94.5 Å². The number of carbonyl (C=O) groups excluding carboxylic acids is 1. The average molecular weight is 398 g/mol. The Morgan fingerprint density at radius 2 is 1.70 bits per heavy atom. The first-order valence-corrected chi connectivity index (χ1v) is 9.89. The van der Waals surface area contributed by atoms with E-state index in [1.165, 1.54) is 0 Å². The van der Waals surface area contributed by atoms with Gasteiger partial charge < -0.3 is 10.1 Å². The van der Waals surface area contributed by atoms with Gasteiger partial charge in [0, 0.05) is 33.3 Å². The number of ether oxygens (including phenoxy) is 1. The number of methoxy groups -OCH3 is 1. The van der Waals surface area contributed by atoms with Gasteiger partial charge in [0.15, 0.2) is 0 Å². The SMILES string of the molecule is COc1ccccc1CNC(=O)c1ccc(CSc2ccc(Cl)cc2)cc1. The van der Waals surface area contributed by atoms with E-state index >= 15 is 0 Å². The van der Waals surface area contributed by atoms with Gasteiger partial charge in [0.25, 0.3) is 5.91 Å². The van der Waals surface area contributed by atoms with Gasteiger partial charge in [-0.15, -0.1) is 11.8 Å². The van der Waals surface area contributed by atoms with Crippen LogP contribution in [0.1, 0.15) is 21.5 Å². The predicted octanol–water partition coefficient (Wildman–Crippen LogP) is 5.57. The maximum Gasteiger partial charge on any atom is 0.251 e. The summed E-state index contributed by atoms with van der Waals surface area (Å²) in [5, 5.41) is 3.67. The third-order valence-electron chi connectivity index (χ3n) is 4.07. The number of hydrogen-bond donors (Lipinski definition) is 1. The molecule has 3 aromatic rings. The van der Waals surface area contributed by atoms with Crippen LogP contribution in [0.2, 0.25) is 5.02 Å². The zero-order chi connectivity index (χ0) is 19.1. The fourth-order valence-corrected chi connectivity index (χ4v) is 3.56. The zero-order valence-electron chi connectivity index (χ0n) is 14.9. The van der Waals surface area contributed by atoms with Crippen molar-refractivity contribution in [2.24, 2.45) is 0 Å². The van der Waals surface area contributed by atoms with E-state index in [1.54, 1.807) is 18.9 Å². The lowest BCUT2D eigenvalue weighted by molar-refractivity contribution is 0.0950. The summed E-state index contributed by atoms with van der Waals surface area (Å²) in [6.45, 7) is 0.428. The van der Waals surface area contributed by atoms with Gasteiger partial charge >= 0.3 is 0 Å². The first-order chi connectivity index (χ1) is 13.2. The van der Waals surface area contributed by atoms with Gasteiger partial charge in [-0.3, -0.25) is 4.79 Å². The molecule has 3 nitrogen and oxygen atoms in total. The third kappa shape index (κ3) is 5.52. The Bertz CT molecular complexity index is 895. The molecule has 5 heteroatoms. The van der Waals surface area contributed by atoms with E-state index in [2.05, 4.69) is 5.32 Å². The smallest absolute Gasteiger partial charge is 0.251 e. The maximum absolute atomic E-state index is 12.4. The number of nitrogens with one attached hydrogen (secondary N) is 1. The summed E-state index contributed by atoms with van der Waals surface area (Å²) < 4.78 is 5.31. The lowest BCUT2D eigenvalue weighted by Crippen LogP contribution is -2.23. The van der Waals surface area contributed by atoms with E-state index in [1.807, 2.05) is 72.8 Å². The summed E-state index contributed by atoms with van der Waals surface area (Å²) in [4.78, 5) is 13.5. The van der Waals surface area contributed by atoms with Crippen LogP contribution in [0.25, 0.3) is 0 Å².